The number of nitrogens with one attached hydrogen (secondary N) is 1. The Bertz CT molecular complexity index is 1150. The van der Waals surface area contributed by atoms with Gasteiger partial charge in [-0.1, -0.05) is 54.6 Å². The zero-order valence-corrected chi connectivity index (χ0v) is 17.5. The third-order valence-corrected chi connectivity index (χ3v) is 6.36. The van der Waals surface area contributed by atoms with Crippen molar-refractivity contribution in [3.8, 4) is 11.1 Å². The summed E-state index contributed by atoms with van der Waals surface area (Å²) in [4.78, 5) is 8.08. The molecule has 1 aromatic carbocycles. The van der Waals surface area contributed by atoms with Crippen LogP contribution >= 0.6 is 23.2 Å². The predicted octanol–water partition coefficient (Wildman–Crippen LogP) is 6.83. The molecule has 1 aliphatic carbocycles. The first-order valence-corrected chi connectivity index (χ1v) is 10.9. The molecule has 0 aliphatic heterocycles. The van der Waals surface area contributed by atoms with Crippen LogP contribution in [0, 0.1) is 0 Å². The lowest BCUT2D eigenvalue weighted by atomic mass is 9.87. The lowest BCUT2D eigenvalue weighted by Crippen LogP contribution is -2.04. The van der Waals surface area contributed by atoms with Crippen LogP contribution in [0.1, 0.15) is 49.3 Å². The summed E-state index contributed by atoms with van der Waals surface area (Å²) in [5.74, 6) is 0.593. The average molecular weight is 425 g/mol. The zero-order chi connectivity index (χ0) is 19.8. The number of halogens is 2. The molecular weight excluding hydrogens is 403 g/mol. The number of rotatable bonds is 4. The molecule has 0 bridgehead atoms. The molecule has 3 aromatic heterocycles. The number of nitrogens with zero attached hydrogens (tertiary/aromatic N) is 3. The highest BCUT2D eigenvalue weighted by atomic mass is 35.5. The molecule has 1 fully saturated rings. The van der Waals surface area contributed by atoms with Crippen LogP contribution in [0.2, 0.25) is 10.0 Å². The van der Waals surface area contributed by atoms with Crippen LogP contribution in [-0.4, -0.2) is 19.7 Å². The van der Waals surface area contributed by atoms with E-state index >= 15 is 0 Å². The second-order valence-electron chi connectivity index (χ2n) is 7.86. The van der Waals surface area contributed by atoms with Crippen molar-refractivity contribution in [2.75, 3.05) is 0 Å². The van der Waals surface area contributed by atoms with E-state index in [1.165, 1.54) is 37.8 Å². The molecule has 5 rings (SSSR count). The molecular formula is C23H22Cl2N4. The van der Waals surface area contributed by atoms with E-state index in [0.29, 0.717) is 17.5 Å². The Kier molecular flexibility index (Phi) is 5.06. The summed E-state index contributed by atoms with van der Waals surface area (Å²) in [7, 11) is 0. The Hall–Kier alpha value is -2.30. The van der Waals surface area contributed by atoms with E-state index in [1.54, 1.807) is 6.20 Å². The molecule has 1 aliphatic rings. The summed E-state index contributed by atoms with van der Waals surface area (Å²) in [5, 5.41) is 7.00. The summed E-state index contributed by atoms with van der Waals surface area (Å²) in [6.07, 6.45) is 12.1. The molecule has 3 heterocycles. The van der Waals surface area contributed by atoms with Crippen LogP contribution in [0.4, 0.5) is 0 Å². The van der Waals surface area contributed by atoms with Crippen LogP contribution in [0.5, 0.6) is 0 Å². The van der Waals surface area contributed by atoms with Crippen LogP contribution in [-0.2, 0) is 6.54 Å². The van der Waals surface area contributed by atoms with Gasteiger partial charge in [-0.15, -0.1) is 0 Å². The number of benzene rings is 1. The van der Waals surface area contributed by atoms with Crippen molar-refractivity contribution >= 4 is 34.2 Å². The Labute approximate surface area is 179 Å². The van der Waals surface area contributed by atoms with Gasteiger partial charge in [0.2, 0.25) is 0 Å². The number of fused-ring (bicyclic) bond motifs is 1. The molecule has 0 atom stereocenters. The number of pyridine rings is 1. The maximum absolute atomic E-state index is 6.59. The van der Waals surface area contributed by atoms with Crippen LogP contribution in [0.3, 0.4) is 0 Å². The summed E-state index contributed by atoms with van der Waals surface area (Å²) in [6, 6.07) is 10.1. The lowest BCUT2D eigenvalue weighted by Gasteiger charge is -2.20. The molecule has 1 N–H and O–H groups in total. The van der Waals surface area contributed by atoms with E-state index in [9.17, 15) is 0 Å². The SMILES string of the molecule is Clc1cccc(Cn2cc(-c3c(Cl)cnc4[nH]c(C5CCCCC5)cc34)cn2)c1. The standard InChI is InChI=1S/C23H22Cl2N4/c24-18-8-4-5-15(9-18)13-29-14-17(11-27-29)22-19-10-21(16-6-2-1-3-7-16)28-23(19)26-12-20(22)25/h4-5,8-12,14,16H,1-3,6-7,13H2,(H,26,28). The molecule has 4 aromatic rings. The smallest absolute Gasteiger partial charge is 0.138 e. The molecule has 0 radical (unpaired) electrons. The van der Waals surface area contributed by atoms with Crippen LogP contribution in [0.25, 0.3) is 22.2 Å². The highest BCUT2D eigenvalue weighted by Gasteiger charge is 2.20. The molecule has 0 amide bonds. The minimum absolute atomic E-state index is 0.593. The first-order chi connectivity index (χ1) is 14.2. The molecule has 1 saturated carbocycles. The molecule has 0 spiro atoms. The fourth-order valence-electron chi connectivity index (χ4n) is 4.40. The van der Waals surface area contributed by atoms with Gasteiger partial charge in [-0.05, 0) is 42.5 Å². The van der Waals surface area contributed by atoms with E-state index in [-0.39, 0.29) is 0 Å². The second kappa shape index (κ2) is 7.85. The maximum Gasteiger partial charge on any atom is 0.138 e. The summed E-state index contributed by atoms with van der Waals surface area (Å²) in [5.41, 5.74) is 5.28. The van der Waals surface area contributed by atoms with E-state index in [4.69, 9.17) is 23.2 Å². The minimum Gasteiger partial charge on any atom is -0.343 e. The molecule has 0 unspecified atom stereocenters. The Balaban J connectivity index is 1.50. The topological polar surface area (TPSA) is 46.5 Å². The lowest BCUT2D eigenvalue weighted by molar-refractivity contribution is 0.438. The average Bonchev–Trinajstić information content (AvgIpc) is 3.36. The molecule has 148 valence electrons. The van der Waals surface area contributed by atoms with E-state index in [2.05, 4.69) is 21.1 Å². The zero-order valence-electron chi connectivity index (χ0n) is 16.0. The molecule has 0 saturated heterocycles. The van der Waals surface area contributed by atoms with Gasteiger partial charge >= 0.3 is 0 Å². The van der Waals surface area contributed by atoms with Crippen molar-refractivity contribution in [2.45, 2.75) is 44.6 Å². The largest absolute Gasteiger partial charge is 0.343 e. The minimum atomic E-state index is 0.593. The molecule has 29 heavy (non-hydrogen) atoms. The van der Waals surface area contributed by atoms with Crippen molar-refractivity contribution in [3.05, 3.63) is 70.2 Å². The van der Waals surface area contributed by atoms with Gasteiger partial charge in [0.1, 0.15) is 5.65 Å². The third kappa shape index (κ3) is 3.79. The first-order valence-electron chi connectivity index (χ1n) is 10.1. The highest BCUT2D eigenvalue weighted by Crippen LogP contribution is 2.38. The number of aromatic nitrogens is 4. The van der Waals surface area contributed by atoms with Crippen molar-refractivity contribution in [3.63, 3.8) is 0 Å². The summed E-state index contributed by atoms with van der Waals surface area (Å²) >= 11 is 12.7. The van der Waals surface area contributed by atoms with Gasteiger partial charge in [0.25, 0.3) is 0 Å². The Morgan fingerprint density at radius 2 is 1.93 bits per heavy atom. The Morgan fingerprint density at radius 3 is 2.76 bits per heavy atom. The monoisotopic (exact) mass is 424 g/mol. The maximum atomic E-state index is 6.59. The normalized spacial score (nSPS) is 15.2. The van der Waals surface area contributed by atoms with Crippen molar-refractivity contribution in [1.82, 2.24) is 19.7 Å². The number of hydrogen-bond donors (Lipinski definition) is 1. The third-order valence-electron chi connectivity index (χ3n) is 5.83. The summed E-state index contributed by atoms with van der Waals surface area (Å²) in [6.45, 7) is 0.660. The quantitative estimate of drug-likeness (QED) is 0.390. The van der Waals surface area contributed by atoms with Crippen LogP contribution < -0.4 is 0 Å². The van der Waals surface area contributed by atoms with Crippen molar-refractivity contribution < 1.29 is 0 Å². The van der Waals surface area contributed by atoms with Gasteiger partial charge < -0.3 is 4.98 Å². The van der Waals surface area contributed by atoms with Gasteiger partial charge in [-0.2, -0.15) is 5.10 Å². The van der Waals surface area contributed by atoms with Gasteiger partial charge in [0.15, 0.2) is 0 Å². The number of hydrogen-bond acceptors (Lipinski definition) is 2. The molecule has 6 heteroatoms. The fraction of sp³-hybridized carbons (Fsp3) is 0.304. The van der Waals surface area contributed by atoms with Gasteiger partial charge in [-0.3, -0.25) is 4.68 Å². The highest BCUT2D eigenvalue weighted by molar-refractivity contribution is 6.34. The fourth-order valence-corrected chi connectivity index (χ4v) is 4.87. The summed E-state index contributed by atoms with van der Waals surface area (Å²) < 4.78 is 1.91. The Morgan fingerprint density at radius 1 is 1.07 bits per heavy atom. The van der Waals surface area contributed by atoms with Gasteiger partial charge in [0.05, 0.1) is 17.8 Å². The van der Waals surface area contributed by atoms with E-state index < -0.39 is 0 Å². The van der Waals surface area contributed by atoms with E-state index in [1.807, 2.05) is 41.3 Å². The van der Waals surface area contributed by atoms with E-state index in [0.717, 1.165) is 32.7 Å². The number of aromatic amines is 1. The van der Waals surface area contributed by atoms with Crippen LogP contribution in [0.15, 0.2) is 48.9 Å². The van der Waals surface area contributed by atoms with Gasteiger partial charge in [0, 0.05) is 39.6 Å². The van der Waals surface area contributed by atoms with Crippen molar-refractivity contribution in [2.24, 2.45) is 0 Å². The first kappa shape index (κ1) is 18.7. The molecule has 4 nitrogen and oxygen atoms in total. The van der Waals surface area contributed by atoms with Crippen molar-refractivity contribution in [1.29, 1.82) is 0 Å². The second-order valence-corrected chi connectivity index (χ2v) is 8.70. The predicted molar refractivity (Wildman–Crippen MR) is 119 cm³/mol. The number of H-pyrrole nitrogens is 1. The van der Waals surface area contributed by atoms with Gasteiger partial charge in [-0.25, -0.2) is 4.98 Å².